The van der Waals surface area contributed by atoms with Crippen LogP contribution in [-0.4, -0.2) is 27.9 Å². The van der Waals surface area contributed by atoms with Gasteiger partial charge in [0.2, 0.25) is 0 Å². The quantitative estimate of drug-likeness (QED) is 0.785. The molecular formula is C14H19ClN2O. The van der Waals surface area contributed by atoms with Crippen LogP contribution in [0.2, 0.25) is 5.02 Å². The maximum absolute atomic E-state index is 12.5. The van der Waals surface area contributed by atoms with Gasteiger partial charge >= 0.3 is 0 Å². The predicted octanol–water partition coefficient (Wildman–Crippen LogP) is 3.47. The molecule has 98 valence electrons. The lowest BCUT2D eigenvalue weighted by molar-refractivity contribution is 0.0616. The van der Waals surface area contributed by atoms with Crippen LogP contribution in [-0.2, 0) is 0 Å². The van der Waals surface area contributed by atoms with E-state index in [0.29, 0.717) is 17.1 Å². The van der Waals surface area contributed by atoms with Gasteiger partial charge in [-0.3, -0.25) is 9.78 Å². The van der Waals surface area contributed by atoms with Gasteiger partial charge in [-0.15, -0.1) is 6.58 Å². The van der Waals surface area contributed by atoms with E-state index in [1.54, 1.807) is 17.0 Å². The van der Waals surface area contributed by atoms with Gasteiger partial charge in [0.25, 0.3) is 5.91 Å². The number of carbonyl (C=O) groups is 1. The van der Waals surface area contributed by atoms with Crippen molar-refractivity contribution in [2.24, 2.45) is 0 Å². The molecule has 0 aliphatic heterocycles. The zero-order valence-corrected chi connectivity index (χ0v) is 12.1. The molecule has 4 heteroatoms. The Kier molecular flexibility index (Phi) is 4.52. The van der Waals surface area contributed by atoms with Crippen LogP contribution in [0.15, 0.2) is 24.9 Å². The lowest BCUT2D eigenvalue weighted by atomic mass is 10.0. The number of nitrogens with zero attached hydrogens (tertiary/aromatic N) is 2. The van der Waals surface area contributed by atoms with E-state index in [1.165, 1.54) is 6.20 Å². The van der Waals surface area contributed by atoms with E-state index < -0.39 is 0 Å². The summed E-state index contributed by atoms with van der Waals surface area (Å²) in [4.78, 5) is 18.3. The number of carbonyl (C=O) groups excluding carboxylic acids is 1. The Morgan fingerprint density at radius 3 is 2.61 bits per heavy atom. The molecule has 0 fully saturated rings. The smallest absolute Gasteiger partial charge is 0.257 e. The van der Waals surface area contributed by atoms with Crippen LogP contribution in [0.5, 0.6) is 0 Å². The first-order valence-corrected chi connectivity index (χ1v) is 6.20. The van der Waals surface area contributed by atoms with Gasteiger partial charge in [-0.1, -0.05) is 17.7 Å². The summed E-state index contributed by atoms with van der Waals surface area (Å²) >= 11 is 6.11. The van der Waals surface area contributed by atoms with Crippen LogP contribution in [0.25, 0.3) is 0 Å². The summed E-state index contributed by atoms with van der Waals surface area (Å²) in [5.41, 5.74) is 0.932. The third-order valence-corrected chi connectivity index (χ3v) is 2.90. The Bertz CT molecular complexity index is 463. The first-order chi connectivity index (χ1) is 8.27. The molecule has 0 atom stereocenters. The fourth-order valence-electron chi connectivity index (χ4n) is 1.62. The molecule has 0 aliphatic carbocycles. The molecule has 18 heavy (non-hydrogen) atoms. The third-order valence-electron chi connectivity index (χ3n) is 2.59. The van der Waals surface area contributed by atoms with Crippen molar-refractivity contribution < 1.29 is 4.79 Å². The normalized spacial score (nSPS) is 11.2. The van der Waals surface area contributed by atoms with Crippen molar-refractivity contribution in [3.8, 4) is 0 Å². The molecular weight excluding hydrogens is 248 g/mol. The minimum Gasteiger partial charge on any atom is -0.330 e. The van der Waals surface area contributed by atoms with E-state index in [-0.39, 0.29) is 11.4 Å². The highest BCUT2D eigenvalue weighted by atomic mass is 35.5. The number of rotatable bonds is 3. The molecule has 3 nitrogen and oxygen atoms in total. The van der Waals surface area contributed by atoms with E-state index in [0.717, 1.165) is 5.69 Å². The molecule has 1 aromatic heterocycles. The minimum absolute atomic E-state index is 0.125. The molecule has 1 heterocycles. The van der Waals surface area contributed by atoms with Crippen molar-refractivity contribution in [2.45, 2.75) is 33.2 Å². The number of hydrogen-bond donors (Lipinski definition) is 0. The van der Waals surface area contributed by atoms with E-state index in [1.807, 2.05) is 27.7 Å². The van der Waals surface area contributed by atoms with Crippen LogP contribution in [0.4, 0.5) is 0 Å². The van der Waals surface area contributed by atoms with E-state index in [2.05, 4.69) is 11.6 Å². The number of aryl methyl sites for hydroxylation is 1. The molecule has 1 amide bonds. The van der Waals surface area contributed by atoms with Crippen LogP contribution >= 0.6 is 11.6 Å². The molecule has 0 radical (unpaired) electrons. The van der Waals surface area contributed by atoms with Gasteiger partial charge < -0.3 is 4.90 Å². The van der Waals surface area contributed by atoms with Gasteiger partial charge in [-0.05, 0) is 33.8 Å². The first kappa shape index (κ1) is 14.7. The standard InChI is InChI=1S/C14H19ClN2O/c1-6-7-17(14(3,4)5)13(18)11-9-16-10(2)8-12(11)15/h6,8-9H,1,7H2,2-5H3. The summed E-state index contributed by atoms with van der Waals surface area (Å²) in [7, 11) is 0. The van der Waals surface area contributed by atoms with Gasteiger partial charge in [0.05, 0.1) is 10.6 Å². The number of halogens is 1. The van der Waals surface area contributed by atoms with Crippen molar-refractivity contribution >= 4 is 17.5 Å². The van der Waals surface area contributed by atoms with Crippen molar-refractivity contribution in [1.29, 1.82) is 0 Å². The first-order valence-electron chi connectivity index (χ1n) is 5.82. The maximum atomic E-state index is 12.5. The summed E-state index contributed by atoms with van der Waals surface area (Å²) in [6.07, 6.45) is 3.24. The van der Waals surface area contributed by atoms with Crippen LogP contribution < -0.4 is 0 Å². The van der Waals surface area contributed by atoms with Gasteiger partial charge in [0.1, 0.15) is 0 Å². The van der Waals surface area contributed by atoms with E-state index in [9.17, 15) is 4.79 Å². The third kappa shape index (κ3) is 3.33. The van der Waals surface area contributed by atoms with Crippen LogP contribution in [0.1, 0.15) is 36.8 Å². The van der Waals surface area contributed by atoms with Gasteiger partial charge in [0.15, 0.2) is 0 Å². The van der Waals surface area contributed by atoms with Gasteiger partial charge in [0, 0.05) is 24.0 Å². The van der Waals surface area contributed by atoms with E-state index >= 15 is 0 Å². The van der Waals surface area contributed by atoms with Crippen molar-refractivity contribution in [3.63, 3.8) is 0 Å². The second kappa shape index (κ2) is 5.53. The van der Waals surface area contributed by atoms with Crippen molar-refractivity contribution in [3.05, 3.63) is 41.2 Å². The Labute approximate surface area is 113 Å². The number of amides is 1. The second-order valence-corrected chi connectivity index (χ2v) is 5.59. The summed E-state index contributed by atoms with van der Waals surface area (Å²) in [6.45, 7) is 11.9. The van der Waals surface area contributed by atoms with Gasteiger partial charge in [-0.25, -0.2) is 0 Å². The molecule has 0 saturated heterocycles. The Balaban J connectivity index is 3.14. The highest BCUT2D eigenvalue weighted by Crippen LogP contribution is 2.22. The largest absolute Gasteiger partial charge is 0.330 e. The molecule has 0 aromatic carbocycles. The topological polar surface area (TPSA) is 33.2 Å². The zero-order valence-electron chi connectivity index (χ0n) is 11.3. The lowest BCUT2D eigenvalue weighted by Crippen LogP contribution is -2.45. The fourth-order valence-corrected chi connectivity index (χ4v) is 1.91. The second-order valence-electron chi connectivity index (χ2n) is 5.18. The Morgan fingerprint density at radius 1 is 1.56 bits per heavy atom. The molecule has 0 aliphatic rings. The van der Waals surface area contributed by atoms with E-state index in [4.69, 9.17) is 11.6 Å². The highest BCUT2D eigenvalue weighted by molar-refractivity contribution is 6.33. The average Bonchev–Trinajstić information content (AvgIpc) is 2.23. The molecule has 0 saturated carbocycles. The summed E-state index contributed by atoms with van der Waals surface area (Å²) in [5.74, 6) is -0.125. The molecule has 0 unspecified atom stereocenters. The number of pyridine rings is 1. The summed E-state index contributed by atoms with van der Waals surface area (Å²) in [5, 5.41) is 0.436. The van der Waals surface area contributed by atoms with Crippen LogP contribution in [0.3, 0.4) is 0 Å². The predicted molar refractivity (Wildman–Crippen MR) is 75.0 cm³/mol. The number of hydrogen-bond acceptors (Lipinski definition) is 2. The molecule has 1 rings (SSSR count). The minimum atomic E-state index is -0.292. The van der Waals surface area contributed by atoms with Crippen LogP contribution in [0, 0.1) is 6.92 Å². The molecule has 0 N–H and O–H groups in total. The Hall–Kier alpha value is -1.35. The molecule has 1 aromatic rings. The maximum Gasteiger partial charge on any atom is 0.257 e. The summed E-state index contributed by atoms with van der Waals surface area (Å²) in [6, 6.07) is 1.70. The van der Waals surface area contributed by atoms with Crippen molar-refractivity contribution in [2.75, 3.05) is 6.54 Å². The van der Waals surface area contributed by atoms with Gasteiger partial charge in [-0.2, -0.15) is 0 Å². The monoisotopic (exact) mass is 266 g/mol. The molecule has 0 spiro atoms. The number of aromatic nitrogens is 1. The SMILES string of the molecule is C=CCN(C(=O)c1cnc(C)cc1Cl)C(C)(C)C. The average molecular weight is 267 g/mol. The lowest BCUT2D eigenvalue weighted by Gasteiger charge is -2.35. The Morgan fingerprint density at radius 2 is 2.17 bits per heavy atom. The fraction of sp³-hybridized carbons (Fsp3) is 0.429. The zero-order chi connectivity index (χ0) is 13.9. The van der Waals surface area contributed by atoms with Crippen molar-refractivity contribution in [1.82, 2.24) is 9.88 Å². The highest BCUT2D eigenvalue weighted by Gasteiger charge is 2.27. The molecule has 0 bridgehead atoms. The summed E-state index contributed by atoms with van der Waals surface area (Å²) < 4.78 is 0.